The van der Waals surface area contributed by atoms with Crippen LogP contribution in [0.5, 0.6) is 0 Å². The van der Waals surface area contributed by atoms with E-state index in [1.54, 1.807) is 0 Å². The Balaban J connectivity index is 2.13. The van der Waals surface area contributed by atoms with Crippen LogP contribution in [0.2, 0.25) is 5.02 Å². The van der Waals surface area contributed by atoms with E-state index in [2.05, 4.69) is 5.32 Å². The van der Waals surface area contributed by atoms with E-state index in [0.29, 0.717) is 12.5 Å². The zero-order valence-corrected chi connectivity index (χ0v) is 11.8. The molecule has 0 spiro atoms. The predicted molar refractivity (Wildman–Crippen MR) is 72.5 cm³/mol. The summed E-state index contributed by atoms with van der Waals surface area (Å²) in [5, 5.41) is 7.83. The average molecular weight is 303 g/mol. The highest BCUT2D eigenvalue weighted by atomic mass is 35.5. The van der Waals surface area contributed by atoms with Gasteiger partial charge < -0.3 is 5.32 Å². The third-order valence-electron chi connectivity index (χ3n) is 3.28. The monoisotopic (exact) mass is 302 g/mol. The molecule has 1 saturated carbocycles. The van der Waals surface area contributed by atoms with Crippen LogP contribution < -0.4 is 10.5 Å². The summed E-state index contributed by atoms with van der Waals surface area (Å²) >= 11 is 5.75. The molecule has 104 valence electrons. The first-order chi connectivity index (χ1) is 8.88. The molecule has 19 heavy (non-hydrogen) atoms. The molecule has 0 aliphatic heterocycles. The van der Waals surface area contributed by atoms with Gasteiger partial charge in [0.15, 0.2) is 0 Å². The van der Waals surface area contributed by atoms with Crippen LogP contribution in [0, 0.1) is 5.92 Å². The van der Waals surface area contributed by atoms with Crippen molar-refractivity contribution in [3.05, 3.63) is 28.8 Å². The van der Waals surface area contributed by atoms with Crippen LogP contribution in [0.1, 0.15) is 29.6 Å². The summed E-state index contributed by atoms with van der Waals surface area (Å²) in [6.45, 7) is 0.617. The molecule has 1 aromatic carbocycles. The summed E-state index contributed by atoms with van der Waals surface area (Å²) in [5.74, 6) is 0.224. The SMILES string of the molecule is NS(=O)(=O)c1cc(C(=O)NCC2CCC2)ccc1Cl. The predicted octanol–water partition coefficient (Wildman–Crippen LogP) is 1.52. The highest BCUT2D eigenvalue weighted by molar-refractivity contribution is 7.89. The minimum atomic E-state index is -3.93. The quantitative estimate of drug-likeness (QED) is 0.883. The normalized spacial score (nSPS) is 15.9. The molecule has 0 saturated heterocycles. The second kappa shape index (κ2) is 5.48. The smallest absolute Gasteiger partial charge is 0.251 e. The van der Waals surface area contributed by atoms with E-state index in [1.165, 1.54) is 24.6 Å². The number of amides is 1. The fourth-order valence-corrected chi connectivity index (χ4v) is 2.97. The van der Waals surface area contributed by atoms with E-state index in [1.807, 2.05) is 0 Å². The summed E-state index contributed by atoms with van der Waals surface area (Å²) in [7, 11) is -3.93. The fraction of sp³-hybridized carbons (Fsp3) is 0.417. The van der Waals surface area contributed by atoms with Gasteiger partial charge in [0, 0.05) is 12.1 Å². The number of halogens is 1. The second-order valence-electron chi connectivity index (χ2n) is 4.70. The average Bonchev–Trinajstić information content (AvgIpc) is 2.25. The Morgan fingerprint density at radius 2 is 2.11 bits per heavy atom. The molecule has 7 heteroatoms. The summed E-state index contributed by atoms with van der Waals surface area (Å²) in [6.07, 6.45) is 3.46. The molecule has 1 aliphatic rings. The van der Waals surface area contributed by atoms with E-state index in [9.17, 15) is 13.2 Å². The van der Waals surface area contributed by atoms with E-state index in [-0.39, 0.29) is 21.4 Å². The number of benzene rings is 1. The highest BCUT2D eigenvalue weighted by Gasteiger charge is 2.20. The number of rotatable bonds is 4. The van der Waals surface area contributed by atoms with Gasteiger partial charge in [0.25, 0.3) is 5.91 Å². The Morgan fingerprint density at radius 1 is 1.42 bits per heavy atom. The third kappa shape index (κ3) is 3.46. The van der Waals surface area contributed by atoms with E-state index < -0.39 is 10.0 Å². The zero-order chi connectivity index (χ0) is 14.0. The van der Waals surface area contributed by atoms with Gasteiger partial charge in [0.2, 0.25) is 10.0 Å². The largest absolute Gasteiger partial charge is 0.352 e. The topological polar surface area (TPSA) is 89.3 Å². The maximum absolute atomic E-state index is 11.9. The van der Waals surface area contributed by atoms with Gasteiger partial charge in [-0.1, -0.05) is 18.0 Å². The van der Waals surface area contributed by atoms with Gasteiger partial charge in [-0.05, 0) is 37.0 Å². The Morgan fingerprint density at radius 3 is 2.63 bits per heavy atom. The number of carbonyl (C=O) groups excluding carboxylic acids is 1. The molecule has 0 bridgehead atoms. The standard InChI is InChI=1S/C12H15ClN2O3S/c13-10-5-4-9(6-11(10)19(14,17)18)12(16)15-7-8-2-1-3-8/h4-6,8H,1-3,7H2,(H,15,16)(H2,14,17,18). The first-order valence-electron chi connectivity index (χ1n) is 5.98. The van der Waals surface area contributed by atoms with Crippen LogP contribution >= 0.6 is 11.6 Å². The van der Waals surface area contributed by atoms with Crippen molar-refractivity contribution in [2.75, 3.05) is 6.54 Å². The number of hydrogen-bond donors (Lipinski definition) is 2. The number of carbonyl (C=O) groups is 1. The number of primary sulfonamides is 1. The Hall–Kier alpha value is -1.11. The highest BCUT2D eigenvalue weighted by Crippen LogP contribution is 2.25. The van der Waals surface area contributed by atoms with Crippen LogP contribution in [0.4, 0.5) is 0 Å². The van der Waals surface area contributed by atoms with Crippen molar-refractivity contribution in [1.82, 2.24) is 5.32 Å². The molecule has 0 unspecified atom stereocenters. The molecule has 1 amide bonds. The molecule has 1 aromatic rings. The van der Waals surface area contributed by atoms with Gasteiger partial charge in [-0.25, -0.2) is 13.6 Å². The molecule has 0 heterocycles. The number of hydrogen-bond acceptors (Lipinski definition) is 3. The first kappa shape index (κ1) is 14.3. The molecule has 1 fully saturated rings. The van der Waals surface area contributed by atoms with Crippen molar-refractivity contribution in [3.63, 3.8) is 0 Å². The minimum absolute atomic E-state index is 0.0121. The Kier molecular flexibility index (Phi) is 4.13. The molecule has 5 nitrogen and oxygen atoms in total. The molecule has 0 radical (unpaired) electrons. The van der Waals surface area contributed by atoms with Crippen molar-refractivity contribution >= 4 is 27.5 Å². The molecule has 3 N–H and O–H groups in total. The van der Waals surface area contributed by atoms with Crippen LogP contribution in [0.15, 0.2) is 23.1 Å². The lowest BCUT2D eigenvalue weighted by molar-refractivity contribution is 0.0939. The summed E-state index contributed by atoms with van der Waals surface area (Å²) in [5.41, 5.74) is 0.243. The Bertz CT molecular complexity index is 597. The first-order valence-corrected chi connectivity index (χ1v) is 7.91. The molecule has 0 aromatic heterocycles. The molecule has 2 rings (SSSR count). The van der Waals surface area contributed by atoms with Crippen molar-refractivity contribution in [2.45, 2.75) is 24.2 Å². The van der Waals surface area contributed by atoms with E-state index >= 15 is 0 Å². The number of nitrogens with one attached hydrogen (secondary N) is 1. The van der Waals surface area contributed by atoms with Crippen molar-refractivity contribution in [1.29, 1.82) is 0 Å². The van der Waals surface area contributed by atoms with Gasteiger partial charge in [-0.2, -0.15) is 0 Å². The lowest BCUT2D eigenvalue weighted by Gasteiger charge is -2.25. The van der Waals surface area contributed by atoms with Gasteiger partial charge in [0.1, 0.15) is 4.90 Å². The number of nitrogens with two attached hydrogens (primary N) is 1. The fourth-order valence-electron chi connectivity index (χ4n) is 1.90. The van der Waals surface area contributed by atoms with E-state index in [0.717, 1.165) is 12.8 Å². The van der Waals surface area contributed by atoms with Crippen LogP contribution in [0.25, 0.3) is 0 Å². The van der Waals surface area contributed by atoms with Crippen LogP contribution in [-0.2, 0) is 10.0 Å². The lowest BCUT2D eigenvalue weighted by Crippen LogP contribution is -2.32. The molecule has 1 aliphatic carbocycles. The number of sulfonamides is 1. The van der Waals surface area contributed by atoms with Crippen molar-refractivity contribution < 1.29 is 13.2 Å². The van der Waals surface area contributed by atoms with Crippen LogP contribution in [-0.4, -0.2) is 20.9 Å². The maximum Gasteiger partial charge on any atom is 0.251 e. The molecular formula is C12H15ClN2O3S. The van der Waals surface area contributed by atoms with E-state index in [4.69, 9.17) is 16.7 Å². The summed E-state index contributed by atoms with van der Waals surface area (Å²) in [4.78, 5) is 11.7. The maximum atomic E-state index is 11.9. The zero-order valence-electron chi connectivity index (χ0n) is 10.2. The van der Waals surface area contributed by atoms with Gasteiger partial charge >= 0.3 is 0 Å². The van der Waals surface area contributed by atoms with Crippen LogP contribution in [0.3, 0.4) is 0 Å². The van der Waals surface area contributed by atoms with Gasteiger partial charge in [-0.15, -0.1) is 0 Å². The van der Waals surface area contributed by atoms with Gasteiger partial charge in [-0.3, -0.25) is 4.79 Å². The molecular weight excluding hydrogens is 288 g/mol. The molecule has 0 atom stereocenters. The van der Waals surface area contributed by atoms with Crippen molar-refractivity contribution in [3.8, 4) is 0 Å². The Labute approximate surface area is 117 Å². The lowest BCUT2D eigenvalue weighted by atomic mass is 9.85. The van der Waals surface area contributed by atoms with Gasteiger partial charge in [0.05, 0.1) is 5.02 Å². The minimum Gasteiger partial charge on any atom is -0.352 e. The second-order valence-corrected chi connectivity index (χ2v) is 6.63. The summed E-state index contributed by atoms with van der Waals surface area (Å²) < 4.78 is 22.6. The van der Waals surface area contributed by atoms with Crippen molar-refractivity contribution in [2.24, 2.45) is 11.1 Å². The summed E-state index contributed by atoms with van der Waals surface area (Å²) in [6, 6.07) is 4.04. The third-order valence-corrected chi connectivity index (χ3v) is 4.67.